The maximum atomic E-state index is 13.8. The number of rotatable bonds is 9. The minimum absolute atomic E-state index is 0.149. The maximum absolute atomic E-state index is 13.8. The van der Waals surface area contributed by atoms with Crippen molar-refractivity contribution in [2.24, 2.45) is 4.99 Å². The van der Waals surface area contributed by atoms with E-state index >= 15 is 0 Å². The summed E-state index contributed by atoms with van der Waals surface area (Å²) in [5.41, 5.74) is 2.01. The number of nitrogens with one attached hydrogen (secondary N) is 2. The highest BCUT2D eigenvalue weighted by molar-refractivity contribution is 6.17. The standard InChI is InChI=1S/C29H31F2N3O3/c1-18(34-29(2,3)4)27(35)33-24-13-9-8-12-21(24)26(20-10-6-5-7-11-20)32-25(28(36)37)17-19-14-15-22(30)23(31)16-19/h5-16,18,25,34H,17H2,1-4H3,(H,33,35)(H,36,37)/t18-,25-/m0/s1. The Kier molecular flexibility index (Phi) is 8.89. The van der Waals surface area contributed by atoms with Crippen LogP contribution in [0.4, 0.5) is 14.5 Å². The molecule has 0 bridgehead atoms. The molecule has 0 aliphatic heterocycles. The van der Waals surface area contributed by atoms with E-state index in [0.717, 1.165) is 12.1 Å². The van der Waals surface area contributed by atoms with Gasteiger partial charge in [0.05, 0.1) is 17.4 Å². The number of carboxylic acid groups (broad SMARTS) is 1. The predicted molar refractivity (Wildman–Crippen MR) is 141 cm³/mol. The van der Waals surface area contributed by atoms with Crippen LogP contribution in [-0.2, 0) is 16.0 Å². The van der Waals surface area contributed by atoms with Crippen LogP contribution >= 0.6 is 0 Å². The third-order valence-electron chi connectivity index (χ3n) is 5.51. The number of nitrogens with zero attached hydrogens (tertiary/aromatic N) is 1. The van der Waals surface area contributed by atoms with E-state index in [-0.39, 0.29) is 17.9 Å². The molecule has 194 valence electrons. The molecule has 3 aromatic carbocycles. The number of anilines is 1. The van der Waals surface area contributed by atoms with Crippen LogP contribution in [0.3, 0.4) is 0 Å². The van der Waals surface area contributed by atoms with Gasteiger partial charge in [-0.25, -0.2) is 13.6 Å². The summed E-state index contributed by atoms with van der Waals surface area (Å²) in [5.74, 6) is -3.54. The summed E-state index contributed by atoms with van der Waals surface area (Å²) in [7, 11) is 0. The van der Waals surface area contributed by atoms with Gasteiger partial charge in [0.25, 0.3) is 0 Å². The summed E-state index contributed by atoms with van der Waals surface area (Å²) in [6.07, 6.45) is -0.149. The number of carbonyl (C=O) groups excluding carboxylic acids is 1. The van der Waals surface area contributed by atoms with Crippen LogP contribution in [0.15, 0.2) is 77.8 Å². The van der Waals surface area contributed by atoms with Crippen molar-refractivity contribution in [3.8, 4) is 0 Å². The zero-order valence-electron chi connectivity index (χ0n) is 21.3. The Labute approximate surface area is 215 Å². The molecule has 0 aromatic heterocycles. The molecule has 0 saturated carbocycles. The first-order chi connectivity index (χ1) is 17.4. The molecule has 0 heterocycles. The second-order valence-electron chi connectivity index (χ2n) is 9.80. The van der Waals surface area contributed by atoms with Crippen molar-refractivity contribution < 1.29 is 23.5 Å². The molecular formula is C29H31F2N3O3. The average Bonchev–Trinajstić information content (AvgIpc) is 2.84. The second kappa shape index (κ2) is 11.9. The van der Waals surface area contributed by atoms with Gasteiger partial charge in [-0.2, -0.15) is 0 Å². The molecule has 0 fully saturated rings. The lowest BCUT2D eigenvalue weighted by atomic mass is 9.98. The van der Waals surface area contributed by atoms with Crippen LogP contribution in [0.2, 0.25) is 0 Å². The van der Waals surface area contributed by atoms with E-state index in [1.54, 1.807) is 55.5 Å². The minimum Gasteiger partial charge on any atom is -0.480 e. The molecule has 8 heteroatoms. The second-order valence-corrected chi connectivity index (χ2v) is 9.80. The van der Waals surface area contributed by atoms with Crippen molar-refractivity contribution >= 4 is 23.3 Å². The number of carboxylic acids is 1. The third kappa shape index (κ3) is 7.79. The molecule has 3 rings (SSSR count). The average molecular weight is 508 g/mol. The van der Waals surface area contributed by atoms with Crippen molar-refractivity contribution in [2.45, 2.75) is 51.7 Å². The number of benzene rings is 3. The van der Waals surface area contributed by atoms with E-state index in [9.17, 15) is 23.5 Å². The molecule has 0 aliphatic rings. The highest BCUT2D eigenvalue weighted by Crippen LogP contribution is 2.23. The Bertz CT molecular complexity index is 1290. The smallest absolute Gasteiger partial charge is 0.328 e. The van der Waals surface area contributed by atoms with E-state index < -0.39 is 29.7 Å². The number of amides is 1. The molecule has 0 unspecified atom stereocenters. The maximum Gasteiger partial charge on any atom is 0.328 e. The number of hydrogen-bond donors (Lipinski definition) is 3. The van der Waals surface area contributed by atoms with Gasteiger partial charge in [0.1, 0.15) is 0 Å². The lowest BCUT2D eigenvalue weighted by Gasteiger charge is -2.26. The van der Waals surface area contributed by atoms with E-state index in [1.807, 2.05) is 26.8 Å². The monoisotopic (exact) mass is 507 g/mol. The number of aliphatic carboxylic acids is 1. The summed E-state index contributed by atoms with van der Waals surface area (Å²) < 4.78 is 27.1. The molecule has 0 aliphatic carbocycles. The van der Waals surface area contributed by atoms with Crippen LogP contribution in [-0.4, -0.2) is 40.3 Å². The fourth-order valence-electron chi connectivity index (χ4n) is 3.88. The fraction of sp³-hybridized carbons (Fsp3) is 0.276. The summed E-state index contributed by atoms with van der Waals surface area (Å²) in [6, 6.07) is 17.5. The van der Waals surface area contributed by atoms with Crippen molar-refractivity contribution in [1.82, 2.24) is 5.32 Å². The van der Waals surface area contributed by atoms with Gasteiger partial charge in [0.15, 0.2) is 17.7 Å². The van der Waals surface area contributed by atoms with Crippen molar-refractivity contribution in [2.75, 3.05) is 5.32 Å². The highest BCUT2D eigenvalue weighted by atomic mass is 19.2. The topological polar surface area (TPSA) is 90.8 Å². The fourth-order valence-corrected chi connectivity index (χ4v) is 3.88. The molecule has 37 heavy (non-hydrogen) atoms. The normalized spacial score (nSPS) is 13.6. The van der Waals surface area contributed by atoms with E-state index in [4.69, 9.17) is 0 Å². The van der Waals surface area contributed by atoms with Gasteiger partial charge >= 0.3 is 5.97 Å². The molecule has 3 aromatic rings. The first kappa shape index (κ1) is 27.7. The molecular weight excluding hydrogens is 476 g/mol. The highest BCUT2D eigenvalue weighted by Gasteiger charge is 2.24. The van der Waals surface area contributed by atoms with Gasteiger partial charge in [-0.15, -0.1) is 0 Å². The zero-order chi connectivity index (χ0) is 27.2. The van der Waals surface area contributed by atoms with Gasteiger partial charge < -0.3 is 15.7 Å². The molecule has 0 radical (unpaired) electrons. The Hall–Kier alpha value is -3.91. The molecule has 2 atom stereocenters. The Morgan fingerprint density at radius 1 is 0.946 bits per heavy atom. The van der Waals surface area contributed by atoms with Crippen molar-refractivity contribution in [3.05, 3.63) is 101 Å². The van der Waals surface area contributed by atoms with Crippen LogP contribution in [0, 0.1) is 11.6 Å². The minimum atomic E-state index is -1.29. The van der Waals surface area contributed by atoms with Crippen LogP contribution in [0.25, 0.3) is 0 Å². The molecule has 6 nitrogen and oxygen atoms in total. The van der Waals surface area contributed by atoms with E-state index in [1.165, 1.54) is 6.07 Å². The molecule has 0 spiro atoms. The quantitative estimate of drug-likeness (QED) is 0.347. The van der Waals surface area contributed by atoms with E-state index in [2.05, 4.69) is 15.6 Å². The van der Waals surface area contributed by atoms with Gasteiger partial charge in [0.2, 0.25) is 5.91 Å². The number of halogens is 2. The molecule has 1 amide bonds. The van der Waals surface area contributed by atoms with Crippen molar-refractivity contribution in [3.63, 3.8) is 0 Å². The molecule has 3 N–H and O–H groups in total. The molecule has 0 saturated heterocycles. The Balaban J connectivity index is 2.04. The zero-order valence-corrected chi connectivity index (χ0v) is 21.3. The summed E-state index contributed by atoms with van der Waals surface area (Å²) >= 11 is 0. The van der Waals surface area contributed by atoms with Crippen molar-refractivity contribution in [1.29, 1.82) is 0 Å². The third-order valence-corrected chi connectivity index (χ3v) is 5.51. The van der Waals surface area contributed by atoms with E-state index in [0.29, 0.717) is 28.1 Å². The van der Waals surface area contributed by atoms with Gasteiger partial charge in [-0.05, 0) is 51.5 Å². The van der Waals surface area contributed by atoms with Gasteiger partial charge in [0, 0.05) is 23.1 Å². The number of hydrogen-bond acceptors (Lipinski definition) is 4. The summed E-state index contributed by atoms with van der Waals surface area (Å²) in [4.78, 5) is 29.7. The van der Waals surface area contributed by atoms with Gasteiger partial charge in [-0.1, -0.05) is 54.6 Å². The Morgan fingerprint density at radius 3 is 2.22 bits per heavy atom. The van der Waals surface area contributed by atoms with Crippen LogP contribution in [0.5, 0.6) is 0 Å². The lowest BCUT2D eigenvalue weighted by molar-refractivity contribution is -0.138. The van der Waals surface area contributed by atoms with Crippen LogP contribution in [0.1, 0.15) is 44.4 Å². The summed E-state index contributed by atoms with van der Waals surface area (Å²) in [5, 5.41) is 16.1. The number of para-hydroxylation sites is 1. The predicted octanol–water partition coefficient (Wildman–Crippen LogP) is 5.21. The van der Waals surface area contributed by atoms with Gasteiger partial charge in [-0.3, -0.25) is 9.79 Å². The first-order valence-electron chi connectivity index (χ1n) is 11.9. The number of carbonyl (C=O) groups is 2. The summed E-state index contributed by atoms with van der Waals surface area (Å²) in [6.45, 7) is 7.65. The largest absolute Gasteiger partial charge is 0.480 e. The lowest BCUT2D eigenvalue weighted by Crippen LogP contribution is -2.48. The SMILES string of the molecule is C[C@H](NC(C)(C)C)C(=O)Nc1ccccc1C(=N[C@@H](Cc1ccc(F)c(F)c1)C(=O)O)c1ccccc1. The Morgan fingerprint density at radius 2 is 1.59 bits per heavy atom. The number of aliphatic imine (C=N–C) groups is 1. The van der Waals surface area contributed by atoms with Crippen LogP contribution < -0.4 is 10.6 Å². The first-order valence-corrected chi connectivity index (χ1v) is 11.9.